The first kappa shape index (κ1) is 24.7. The number of rotatable bonds is 11. The Bertz CT molecular complexity index is 945. The summed E-state index contributed by atoms with van der Waals surface area (Å²) in [5.74, 6) is 0.850. The van der Waals surface area contributed by atoms with Gasteiger partial charge in [0.15, 0.2) is 0 Å². The molecule has 0 radical (unpaired) electrons. The Morgan fingerprint density at radius 1 is 0.903 bits per heavy atom. The summed E-state index contributed by atoms with van der Waals surface area (Å²) in [6, 6.07) is 22.5. The lowest BCUT2D eigenvalue weighted by Gasteiger charge is -2.11. The zero-order valence-electron chi connectivity index (χ0n) is 18.5. The van der Waals surface area contributed by atoms with Gasteiger partial charge < -0.3 is 15.0 Å². The highest BCUT2D eigenvalue weighted by Crippen LogP contribution is 2.22. The van der Waals surface area contributed by atoms with E-state index >= 15 is 0 Å². The van der Waals surface area contributed by atoms with E-state index in [2.05, 4.69) is 35.6 Å². The van der Waals surface area contributed by atoms with Crippen molar-refractivity contribution in [3.05, 3.63) is 77.9 Å². The van der Waals surface area contributed by atoms with Crippen LogP contribution >= 0.6 is 12.4 Å². The van der Waals surface area contributed by atoms with Gasteiger partial charge >= 0.3 is 0 Å². The van der Waals surface area contributed by atoms with E-state index in [0.29, 0.717) is 12.1 Å². The van der Waals surface area contributed by atoms with Crippen molar-refractivity contribution >= 4 is 29.1 Å². The number of fused-ring (bicyclic) bond motifs is 1. The molecule has 1 amide bonds. The standard InChI is InChI=1S/C26H32N2O2.ClH/c1-28(2)17-16-27-26(29)24-13-12-23-20-25(15-14-22(23)19-24)30-18-8-4-7-11-21-9-5-3-6-10-21;/h3,5-6,9-10,12-15,19-20H,4,7-8,11,16-18H2,1-2H3,(H,27,29);1H. The van der Waals surface area contributed by atoms with Crippen LogP contribution in [-0.4, -0.2) is 44.6 Å². The van der Waals surface area contributed by atoms with Gasteiger partial charge in [0.05, 0.1) is 6.61 Å². The van der Waals surface area contributed by atoms with Gasteiger partial charge in [-0.15, -0.1) is 12.4 Å². The maximum absolute atomic E-state index is 12.3. The molecule has 166 valence electrons. The van der Waals surface area contributed by atoms with E-state index in [1.165, 1.54) is 12.0 Å². The van der Waals surface area contributed by atoms with Crippen molar-refractivity contribution in [2.24, 2.45) is 0 Å². The van der Waals surface area contributed by atoms with Gasteiger partial charge in [0.25, 0.3) is 5.91 Å². The number of aryl methyl sites for hydroxylation is 1. The van der Waals surface area contributed by atoms with Crippen LogP contribution in [0.15, 0.2) is 66.7 Å². The van der Waals surface area contributed by atoms with Crippen molar-refractivity contribution < 1.29 is 9.53 Å². The minimum absolute atomic E-state index is 0. The number of hydrogen-bond acceptors (Lipinski definition) is 3. The maximum Gasteiger partial charge on any atom is 0.251 e. The zero-order valence-corrected chi connectivity index (χ0v) is 19.3. The molecular formula is C26H33ClN2O2. The molecule has 3 aromatic rings. The monoisotopic (exact) mass is 440 g/mol. The van der Waals surface area contributed by atoms with Crippen LogP contribution in [0.2, 0.25) is 0 Å². The van der Waals surface area contributed by atoms with Gasteiger partial charge in [-0.25, -0.2) is 0 Å². The van der Waals surface area contributed by atoms with Crippen molar-refractivity contribution in [3.8, 4) is 5.75 Å². The van der Waals surface area contributed by atoms with Gasteiger partial charge in [0, 0.05) is 18.7 Å². The van der Waals surface area contributed by atoms with Gasteiger partial charge in [-0.2, -0.15) is 0 Å². The molecule has 0 unspecified atom stereocenters. The maximum atomic E-state index is 12.3. The molecule has 0 aliphatic rings. The second-order valence-electron chi connectivity index (χ2n) is 7.93. The molecule has 0 saturated carbocycles. The SMILES string of the molecule is CN(C)CCNC(=O)c1ccc2cc(OCCCCCc3ccccc3)ccc2c1.Cl. The average Bonchev–Trinajstić information content (AvgIpc) is 2.76. The van der Waals surface area contributed by atoms with E-state index in [9.17, 15) is 4.79 Å². The third kappa shape index (κ3) is 8.23. The highest BCUT2D eigenvalue weighted by molar-refractivity contribution is 5.98. The van der Waals surface area contributed by atoms with E-state index in [1.54, 1.807) is 0 Å². The highest BCUT2D eigenvalue weighted by atomic mass is 35.5. The number of carbonyl (C=O) groups excluding carboxylic acids is 1. The van der Waals surface area contributed by atoms with E-state index in [1.807, 2.05) is 55.4 Å². The molecule has 0 aromatic heterocycles. The van der Waals surface area contributed by atoms with Crippen LogP contribution in [0, 0.1) is 0 Å². The van der Waals surface area contributed by atoms with Crippen LogP contribution in [0.4, 0.5) is 0 Å². The number of halogens is 1. The first-order chi connectivity index (χ1) is 14.6. The quantitative estimate of drug-likeness (QED) is 0.409. The molecule has 3 aromatic carbocycles. The lowest BCUT2D eigenvalue weighted by atomic mass is 10.1. The Hall–Kier alpha value is -2.56. The number of benzene rings is 3. The van der Waals surface area contributed by atoms with Crippen LogP contribution < -0.4 is 10.1 Å². The van der Waals surface area contributed by atoms with Gasteiger partial charge in [0.1, 0.15) is 5.75 Å². The number of likely N-dealkylation sites (N-methyl/N-ethyl adjacent to an activating group) is 1. The summed E-state index contributed by atoms with van der Waals surface area (Å²) in [5.41, 5.74) is 2.09. The minimum atomic E-state index is -0.0328. The summed E-state index contributed by atoms with van der Waals surface area (Å²) in [7, 11) is 3.99. The summed E-state index contributed by atoms with van der Waals surface area (Å²) >= 11 is 0. The normalized spacial score (nSPS) is 10.7. The minimum Gasteiger partial charge on any atom is -0.494 e. The summed E-state index contributed by atoms with van der Waals surface area (Å²) in [6.07, 6.45) is 4.53. The smallest absolute Gasteiger partial charge is 0.251 e. The lowest BCUT2D eigenvalue weighted by Crippen LogP contribution is -2.31. The number of unbranched alkanes of at least 4 members (excludes halogenated alkanes) is 2. The molecular weight excluding hydrogens is 408 g/mol. The molecule has 0 bridgehead atoms. The fraction of sp³-hybridized carbons (Fsp3) is 0.346. The largest absolute Gasteiger partial charge is 0.494 e. The third-order valence-corrected chi connectivity index (χ3v) is 5.14. The van der Waals surface area contributed by atoms with E-state index < -0.39 is 0 Å². The van der Waals surface area contributed by atoms with Crippen molar-refractivity contribution in [3.63, 3.8) is 0 Å². The first-order valence-electron chi connectivity index (χ1n) is 10.8. The fourth-order valence-corrected chi connectivity index (χ4v) is 3.39. The molecule has 0 aliphatic carbocycles. The van der Waals surface area contributed by atoms with Crippen LogP contribution in [0.5, 0.6) is 5.75 Å². The second kappa shape index (κ2) is 13.0. The van der Waals surface area contributed by atoms with Crippen molar-refractivity contribution in [2.45, 2.75) is 25.7 Å². The molecule has 0 fully saturated rings. The first-order valence-corrected chi connectivity index (χ1v) is 10.8. The summed E-state index contributed by atoms with van der Waals surface area (Å²) in [4.78, 5) is 14.3. The lowest BCUT2D eigenvalue weighted by molar-refractivity contribution is 0.0951. The predicted molar refractivity (Wildman–Crippen MR) is 132 cm³/mol. The van der Waals surface area contributed by atoms with E-state index in [4.69, 9.17) is 4.74 Å². The van der Waals surface area contributed by atoms with Crippen LogP contribution in [-0.2, 0) is 6.42 Å². The molecule has 4 nitrogen and oxygen atoms in total. The number of amides is 1. The Balaban J connectivity index is 0.00000341. The topological polar surface area (TPSA) is 41.6 Å². The Morgan fingerprint density at radius 3 is 2.42 bits per heavy atom. The van der Waals surface area contributed by atoms with Crippen molar-refractivity contribution in [1.82, 2.24) is 10.2 Å². The van der Waals surface area contributed by atoms with E-state index in [0.717, 1.165) is 48.9 Å². The summed E-state index contributed by atoms with van der Waals surface area (Å²) in [5, 5.41) is 5.09. The zero-order chi connectivity index (χ0) is 21.2. The number of nitrogens with zero attached hydrogens (tertiary/aromatic N) is 1. The number of hydrogen-bond donors (Lipinski definition) is 1. The van der Waals surface area contributed by atoms with Crippen LogP contribution in [0.25, 0.3) is 10.8 Å². The Kier molecular flexibility index (Phi) is 10.3. The molecule has 0 aliphatic heterocycles. The van der Waals surface area contributed by atoms with Crippen LogP contribution in [0.1, 0.15) is 35.2 Å². The summed E-state index contributed by atoms with van der Waals surface area (Å²) in [6.45, 7) is 2.20. The molecule has 0 atom stereocenters. The molecule has 0 spiro atoms. The average molecular weight is 441 g/mol. The predicted octanol–water partition coefficient (Wildman–Crippen LogP) is 5.34. The van der Waals surface area contributed by atoms with Crippen molar-refractivity contribution in [1.29, 1.82) is 0 Å². The third-order valence-electron chi connectivity index (χ3n) is 5.14. The molecule has 3 rings (SSSR count). The van der Waals surface area contributed by atoms with Gasteiger partial charge in [-0.05, 0) is 80.4 Å². The van der Waals surface area contributed by atoms with Gasteiger partial charge in [-0.1, -0.05) is 42.5 Å². The van der Waals surface area contributed by atoms with Gasteiger partial charge in [-0.3, -0.25) is 4.79 Å². The number of ether oxygens (including phenoxy) is 1. The molecule has 1 N–H and O–H groups in total. The second-order valence-corrected chi connectivity index (χ2v) is 7.93. The number of carbonyl (C=O) groups is 1. The number of nitrogens with one attached hydrogen (secondary N) is 1. The van der Waals surface area contributed by atoms with Crippen molar-refractivity contribution in [2.75, 3.05) is 33.8 Å². The fourth-order valence-electron chi connectivity index (χ4n) is 3.39. The molecule has 0 saturated heterocycles. The van der Waals surface area contributed by atoms with Gasteiger partial charge in [0.2, 0.25) is 0 Å². The Labute approximate surface area is 192 Å². The molecule has 5 heteroatoms. The Morgan fingerprint density at radius 2 is 1.65 bits per heavy atom. The molecule has 31 heavy (non-hydrogen) atoms. The van der Waals surface area contributed by atoms with Crippen LogP contribution in [0.3, 0.4) is 0 Å². The molecule has 0 heterocycles. The summed E-state index contributed by atoms with van der Waals surface area (Å²) < 4.78 is 5.94. The highest BCUT2D eigenvalue weighted by Gasteiger charge is 2.07. The van der Waals surface area contributed by atoms with E-state index in [-0.39, 0.29) is 18.3 Å².